The molecule has 1 aliphatic heterocycles. The second kappa shape index (κ2) is 6.73. The number of carbonyl (C=O) groups is 1. The van der Waals surface area contributed by atoms with Crippen molar-refractivity contribution in [2.75, 3.05) is 13.1 Å². The number of benzene rings is 1. The Balaban J connectivity index is 1.38. The highest BCUT2D eigenvalue weighted by Crippen LogP contribution is 2.59. The monoisotopic (exact) mass is 385 g/mol. The first-order chi connectivity index (χ1) is 12.9. The standard InChI is InChI=1S/C20H23N3O3S/c1-15-4-6-17(7-5-15)27(25,26)23-10-8-20(14-23)11-18(20)19(24)22-13-16-3-2-9-21-12-16/h2-7,9,12,18H,8,10-11,13-14H2,1H3,(H,22,24)/t18-,20-/m0/s1. The number of rotatable bonds is 5. The lowest BCUT2D eigenvalue weighted by Crippen LogP contribution is -2.31. The predicted octanol–water partition coefficient (Wildman–Crippen LogP) is 2.11. The quantitative estimate of drug-likeness (QED) is 0.855. The summed E-state index contributed by atoms with van der Waals surface area (Å²) < 4.78 is 27.3. The lowest BCUT2D eigenvalue weighted by Gasteiger charge is -2.17. The number of nitrogens with one attached hydrogen (secondary N) is 1. The van der Waals surface area contributed by atoms with E-state index in [-0.39, 0.29) is 17.2 Å². The van der Waals surface area contributed by atoms with Crippen molar-refractivity contribution in [3.8, 4) is 0 Å². The molecule has 2 aliphatic rings. The molecule has 27 heavy (non-hydrogen) atoms. The Morgan fingerprint density at radius 1 is 1.30 bits per heavy atom. The Morgan fingerprint density at radius 3 is 2.78 bits per heavy atom. The molecule has 142 valence electrons. The van der Waals surface area contributed by atoms with Crippen molar-refractivity contribution in [3.05, 3.63) is 59.9 Å². The zero-order chi connectivity index (χ0) is 19.1. The first-order valence-corrected chi connectivity index (χ1v) is 10.6. The Morgan fingerprint density at radius 2 is 2.07 bits per heavy atom. The minimum Gasteiger partial charge on any atom is -0.352 e. The van der Waals surface area contributed by atoms with Gasteiger partial charge in [-0.1, -0.05) is 23.8 Å². The number of carbonyl (C=O) groups excluding carboxylic acids is 1. The van der Waals surface area contributed by atoms with Crippen molar-refractivity contribution >= 4 is 15.9 Å². The van der Waals surface area contributed by atoms with E-state index in [1.165, 1.54) is 4.31 Å². The van der Waals surface area contributed by atoms with Crippen molar-refractivity contribution in [2.24, 2.45) is 11.3 Å². The van der Waals surface area contributed by atoms with Crippen molar-refractivity contribution in [1.82, 2.24) is 14.6 Å². The molecule has 1 aliphatic carbocycles. The van der Waals surface area contributed by atoms with Gasteiger partial charge in [0.25, 0.3) is 0 Å². The Kier molecular flexibility index (Phi) is 4.52. The van der Waals surface area contributed by atoms with Gasteiger partial charge >= 0.3 is 0 Å². The number of aryl methyl sites for hydroxylation is 1. The van der Waals surface area contributed by atoms with Gasteiger partial charge < -0.3 is 5.32 Å². The van der Waals surface area contributed by atoms with E-state index in [9.17, 15) is 13.2 Å². The molecule has 6 nitrogen and oxygen atoms in total. The number of amides is 1. The van der Waals surface area contributed by atoms with Gasteiger partial charge in [-0.15, -0.1) is 0 Å². The van der Waals surface area contributed by atoms with Crippen LogP contribution in [0.5, 0.6) is 0 Å². The summed E-state index contributed by atoms with van der Waals surface area (Å²) in [4.78, 5) is 16.9. The molecule has 0 unspecified atom stereocenters. The summed E-state index contributed by atoms with van der Waals surface area (Å²) in [6.07, 6.45) is 4.92. The molecule has 7 heteroatoms. The van der Waals surface area contributed by atoms with Gasteiger partial charge in [0.1, 0.15) is 0 Å². The second-order valence-corrected chi connectivity index (χ2v) is 9.54. The highest BCUT2D eigenvalue weighted by molar-refractivity contribution is 7.89. The Bertz CT molecular complexity index is 944. The van der Waals surface area contributed by atoms with Crippen LogP contribution in [0.1, 0.15) is 24.0 Å². The number of sulfonamides is 1. The van der Waals surface area contributed by atoms with Crippen molar-refractivity contribution < 1.29 is 13.2 Å². The Hall–Kier alpha value is -2.25. The first kappa shape index (κ1) is 18.1. The molecular weight excluding hydrogens is 362 g/mol. The minimum absolute atomic E-state index is 0.00781. The fourth-order valence-corrected chi connectivity index (χ4v) is 5.44. The molecular formula is C20H23N3O3S. The van der Waals surface area contributed by atoms with Gasteiger partial charge in [0, 0.05) is 37.9 Å². The van der Waals surface area contributed by atoms with E-state index in [1.807, 2.05) is 31.2 Å². The first-order valence-electron chi connectivity index (χ1n) is 9.14. The number of pyridine rings is 1. The van der Waals surface area contributed by atoms with Crippen LogP contribution in [0.25, 0.3) is 0 Å². The number of nitrogens with zero attached hydrogens (tertiary/aromatic N) is 2. The van der Waals surface area contributed by atoms with E-state index < -0.39 is 10.0 Å². The molecule has 2 atom stereocenters. The van der Waals surface area contributed by atoms with Gasteiger partial charge in [0.15, 0.2) is 0 Å². The van der Waals surface area contributed by atoms with Gasteiger partial charge in [0.2, 0.25) is 15.9 Å². The number of aromatic nitrogens is 1. The Labute approximate surface area is 159 Å². The molecule has 0 radical (unpaired) electrons. The van der Waals surface area contributed by atoms with Gasteiger partial charge in [-0.05, 0) is 48.9 Å². The van der Waals surface area contributed by atoms with E-state index in [2.05, 4.69) is 10.3 Å². The summed E-state index contributed by atoms with van der Waals surface area (Å²) >= 11 is 0. The van der Waals surface area contributed by atoms with Crippen LogP contribution in [0, 0.1) is 18.3 Å². The molecule has 1 aromatic carbocycles. The topological polar surface area (TPSA) is 79.4 Å². The van der Waals surface area contributed by atoms with Gasteiger partial charge in [0.05, 0.1) is 4.90 Å². The van der Waals surface area contributed by atoms with Crippen LogP contribution < -0.4 is 5.32 Å². The van der Waals surface area contributed by atoms with Crippen LogP contribution in [-0.2, 0) is 21.4 Å². The van der Waals surface area contributed by atoms with Gasteiger partial charge in [-0.2, -0.15) is 4.31 Å². The summed E-state index contributed by atoms with van der Waals surface area (Å²) in [5, 5.41) is 2.96. The lowest BCUT2D eigenvalue weighted by atomic mass is 10.0. The molecule has 4 rings (SSSR count). The van der Waals surface area contributed by atoms with Crippen molar-refractivity contribution in [3.63, 3.8) is 0 Å². The van der Waals surface area contributed by atoms with E-state index >= 15 is 0 Å². The molecule has 1 aromatic heterocycles. The molecule has 2 heterocycles. The summed E-state index contributed by atoms with van der Waals surface area (Å²) in [5.74, 6) is -0.0965. The van der Waals surface area contributed by atoms with E-state index in [0.29, 0.717) is 24.5 Å². The lowest BCUT2D eigenvalue weighted by molar-refractivity contribution is -0.123. The molecule has 1 saturated heterocycles. The van der Waals surface area contributed by atoms with Crippen LogP contribution in [0.4, 0.5) is 0 Å². The van der Waals surface area contributed by atoms with Crippen LogP contribution in [0.2, 0.25) is 0 Å². The SMILES string of the molecule is Cc1ccc(S(=O)(=O)N2CC[C@]3(C[C@H]3C(=O)NCc3cccnc3)C2)cc1. The predicted molar refractivity (Wildman–Crippen MR) is 101 cm³/mol. The number of hydrogen-bond donors (Lipinski definition) is 1. The molecule has 1 N–H and O–H groups in total. The second-order valence-electron chi connectivity index (χ2n) is 7.60. The highest BCUT2D eigenvalue weighted by Gasteiger charge is 2.62. The summed E-state index contributed by atoms with van der Waals surface area (Å²) in [5.41, 5.74) is 1.78. The molecule has 2 aromatic rings. The molecule has 1 saturated carbocycles. The minimum atomic E-state index is -3.50. The van der Waals surface area contributed by atoms with Crippen molar-refractivity contribution in [2.45, 2.75) is 31.2 Å². The van der Waals surface area contributed by atoms with Gasteiger partial charge in [-0.3, -0.25) is 9.78 Å². The van der Waals surface area contributed by atoms with E-state index in [4.69, 9.17) is 0 Å². The smallest absolute Gasteiger partial charge is 0.243 e. The zero-order valence-electron chi connectivity index (χ0n) is 15.3. The zero-order valence-corrected chi connectivity index (χ0v) is 16.1. The fraction of sp³-hybridized carbons (Fsp3) is 0.400. The summed E-state index contributed by atoms with van der Waals surface area (Å²) in [7, 11) is -3.50. The van der Waals surface area contributed by atoms with E-state index in [1.54, 1.807) is 24.5 Å². The normalized spacial score (nSPS) is 24.9. The molecule has 0 bridgehead atoms. The maximum absolute atomic E-state index is 12.9. The number of hydrogen-bond acceptors (Lipinski definition) is 4. The molecule has 2 fully saturated rings. The summed E-state index contributed by atoms with van der Waals surface area (Å²) in [6, 6.07) is 10.7. The fourth-order valence-electron chi connectivity index (χ4n) is 3.91. The van der Waals surface area contributed by atoms with Crippen LogP contribution in [-0.4, -0.2) is 36.7 Å². The van der Waals surface area contributed by atoms with Gasteiger partial charge in [-0.25, -0.2) is 8.42 Å². The van der Waals surface area contributed by atoms with Crippen molar-refractivity contribution in [1.29, 1.82) is 0 Å². The largest absolute Gasteiger partial charge is 0.352 e. The third kappa shape index (κ3) is 3.49. The van der Waals surface area contributed by atoms with Crippen LogP contribution in [0.3, 0.4) is 0 Å². The van der Waals surface area contributed by atoms with Crippen LogP contribution >= 0.6 is 0 Å². The maximum atomic E-state index is 12.9. The average Bonchev–Trinajstić information content (AvgIpc) is 3.20. The third-order valence-electron chi connectivity index (χ3n) is 5.70. The maximum Gasteiger partial charge on any atom is 0.243 e. The third-order valence-corrected chi connectivity index (χ3v) is 7.56. The molecule has 1 spiro atoms. The average molecular weight is 385 g/mol. The molecule has 1 amide bonds. The van der Waals surface area contributed by atoms with E-state index in [0.717, 1.165) is 24.0 Å². The highest BCUT2D eigenvalue weighted by atomic mass is 32.2. The van der Waals surface area contributed by atoms with Crippen LogP contribution in [0.15, 0.2) is 53.7 Å². The summed E-state index contributed by atoms with van der Waals surface area (Å²) in [6.45, 7) is 3.28.